The fraction of sp³-hybridized carbons (Fsp3) is 0.316. The van der Waals surface area contributed by atoms with Crippen LogP contribution in [-0.4, -0.2) is 40.8 Å². The van der Waals surface area contributed by atoms with Gasteiger partial charge in [-0.25, -0.2) is 8.42 Å². The number of nitrogens with zero attached hydrogens (tertiary/aromatic N) is 1. The summed E-state index contributed by atoms with van der Waals surface area (Å²) in [6.07, 6.45) is 0.623. The van der Waals surface area contributed by atoms with Crippen molar-refractivity contribution in [1.29, 1.82) is 0 Å². The van der Waals surface area contributed by atoms with Crippen molar-refractivity contribution in [2.45, 2.75) is 13.3 Å². The van der Waals surface area contributed by atoms with E-state index in [1.807, 2.05) is 6.92 Å². The van der Waals surface area contributed by atoms with Crippen LogP contribution in [0.2, 0.25) is 0 Å². The topological polar surface area (TPSA) is 84.9 Å². The van der Waals surface area contributed by atoms with Crippen molar-refractivity contribution >= 4 is 27.3 Å². The molecule has 1 fully saturated rings. The van der Waals surface area contributed by atoms with Crippen molar-refractivity contribution in [2.24, 2.45) is 0 Å². The van der Waals surface area contributed by atoms with Gasteiger partial charge in [0.1, 0.15) is 11.5 Å². The Hall–Kier alpha value is -2.74. The molecule has 3 rings (SSSR count). The standard InChI is InChI=1S/C19H22N2O5S/c1-13-9-15(5-6-18(13)21-7-4-8-27(21,23)24)20-19(22)14-10-16(25-2)12-17(11-14)26-3/h5-6,9-12H,4,7-8H2,1-3H3,(H,20,22). The molecule has 1 amide bonds. The number of rotatable bonds is 5. The summed E-state index contributed by atoms with van der Waals surface area (Å²) in [4.78, 5) is 12.6. The predicted molar refractivity (Wildman–Crippen MR) is 104 cm³/mol. The van der Waals surface area contributed by atoms with Crippen LogP contribution in [0.3, 0.4) is 0 Å². The van der Waals surface area contributed by atoms with E-state index >= 15 is 0 Å². The first-order chi connectivity index (χ1) is 12.8. The number of anilines is 2. The minimum atomic E-state index is -3.24. The Bertz CT molecular complexity index is 950. The van der Waals surface area contributed by atoms with E-state index in [0.717, 1.165) is 5.56 Å². The second-order valence-corrected chi connectivity index (χ2v) is 8.31. The normalized spacial score (nSPS) is 15.4. The van der Waals surface area contributed by atoms with Gasteiger partial charge in [0, 0.05) is 23.9 Å². The highest BCUT2D eigenvalue weighted by Crippen LogP contribution is 2.30. The van der Waals surface area contributed by atoms with E-state index in [2.05, 4.69) is 5.32 Å². The molecule has 27 heavy (non-hydrogen) atoms. The summed E-state index contributed by atoms with van der Waals surface area (Å²) in [5.74, 6) is 0.895. The molecular formula is C19H22N2O5S. The van der Waals surface area contributed by atoms with Gasteiger partial charge in [-0.05, 0) is 49.2 Å². The average Bonchev–Trinajstić information content (AvgIpc) is 3.00. The highest BCUT2D eigenvalue weighted by Gasteiger charge is 2.29. The van der Waals surface area contributed by atoms with Gasteiger partial charge < -0.3 is 14.8 Å². The van der Waals surface area contributed by atoms with Gasteiger partial charge in [0.05, 0.1) is 25.7 Å². The third-order valence-electron chi connectivity index (χ3n) is 4.44. The number of methoxy groups -OCH3 is 2. The molecule has 0 unspecified atom stereocenters. The number of nitrogens with one attached hydrogen (secondary N) is 1. The molecule has 1 N–H and O–H groups in total. The minimum Gasteiger partial charge on any atom is -0.497 e. The van der Waals surface area contributed by atoms with Crippen molar-refractivity contribution < 1.29 is 22.7 Å². The molecule has 0 bridgehead atoms. The fourth-order valence-electron chi connectivity index (χ4n) is 3.06. The molecule has 1 heterocycles. The number of sulfonamides is 1. The van der Waals surface area contributed by atoms with Crippen LogP contribution in [-0.2, 0) is 10.0 Å². The second-order valence-electron chi connectivity index (χ2n) is 6.30. The molecule has 0 radical (unpaired) electrons. The van der Waals surface area contributed by atoms with Crippen molar-refractivity contribution in [3.05, 3.63) is 47.5 Å². The van der Waals surface area contributed by atoms with E-state index in [1.54, 1.807) is 36.4 Å². The average molecular weight is 390 g/mol. The monoisotopic (exact) mass is 390 g/mol. The van der Waals surface area contributed by atoms with Crippen molar-refractivity contribution in [3.63, 3.8) is 0 Å². The molecule has 144 valence electrons. The summed E-state index contributed by atoms with van der Waals surface area (Å²) in [7, 11) is -0.201. The molecule has 0 saturated carbocycles. The molecule has 1 saturated heterocycles. The molecule has 0 aromatic heterocycles. The second kappa shape index (κ2) is 7.48. The Morgan fingerprint density at radius 1 is 1.07 bits per heavy atom. The van der Waals surface area contributed by atoms with E-state index in [9.17, 15) is 13.2 Å². The smallest absolute Gasteiger partial charge is 0.255 e. The number of carbonyl (C=O) groups is 1. The first-order valence-corrected chi connectivity index (χ1v) is 10.1. The van der Waals surface area contributed by atoms with Gasteiger partial charge in [-0.3, -0.25) is 9.10 Å². The number of hydrogen-bond donors (Lipinski definition) is 1. The zero-order chi connectivity index (χ0) is 19.6. The minimum absolute atomic E-state index is 0.169. The SMILES string of the molecule is COc1cc(OC)cc(C(=O)Nc2ccc(N3CCCS3(=O)=O)c(C)c2)c1. The fourth-order valence-corrected chi connectivity index (χ4v) is 4.69. The van der Waals surface area contributed by atoms with Gasteiger partial charge >= 0.3 is 0 Å². The first-order valence-electron chi connectivity index (χ1n) is 8.49. The van der Waals surface area contributed by atoms with Crippen LogP contribution in [0.25, 0.3) is 0 Å². The Kier molecular flexibility index (Phi) is 5.27. The number of aryl methyl sites for hydroxylation is 1. The molecule has 1 aliphatic heterocycles. The molecule has 0 spiro atoms. The third kappa shape index (κ3) is 4.00. The van der Waals surface area contributed by atoms with Crippen LogP contribution in [0.5, 0.6) is 11.5 Å². The Morgan fingerprint density at radius 3 is 2.26 bits per heavy atom. The molecule has 7 nitrogen and oxygen atoms in total. The van der Waals surface area contributed by atoms with E-state index in [-0.39, 0.29) is 11.7 Å². The Labute approximate surface area is 158 Å². The molecule has 8 heteroatoms. The van der Waals surface area contributed by atoms with Crippen LogP contribution in [0.4, 0.5) is 11.4 Å². The van der Waals surface area contributed by atoms with E-state index in [0.29, 0.717) is 41.4 Å². The van der Waals surface area contributed by atoms with Crippen LogP contribution >= 0.6 is 0 Å². The Morgan fingerprint density at radius 2 is 1.74 bits per heavy atom. The number of hydrogen-bond acceptors (Lipinski definition) is 5. The maximum absolute atomic E-state index is 12.6. The van der Waals surface area contributed by atoms with Gasteiger partial charge in [0.25, 0.3) is 5.91 Å². The van der Waals surface area contributed by atoms with Crippen molar-refractivity contribution in [1.82, 2.24) is 0 Å². The molecular weight excluding hydrogens is 368 g/mol. The summed E-state index contributed by atoms with van der Waals surface area (Å²) in [6.45, 7) is 2.31. The quantitative estimate of drug-likeness (QED) is 0.849. The van der Waals surface area contributed by atoms with Gasteiger partial charge in [0.2, 0.25) is 10.0 Å². The summed E-state index contributed by atoms with van der Waals surface area (Å²) in [6, 6.07) is 10.1. The van der Waals surface area contributed by atoms with Crippen LogP contribution in [0.1, 0.15) is 22.3 Å². The lowest BCUT2D eigenvalue weighted by Gasteiger charge is -2.20. The summed E-state index contributed by atoms with van der Waals surface area (Å²) < 4.78 is 36.0. The van der Waals surface area contributed by atoms with Crippen LogP contribution in [0, 0.1) is 6.92 Å². The summed E-state index contributed by atoms with van der Waals surface area (Å²) in [5, 5.41) is 2.82. The summed E-state index contributed by atoms with van der Waals surface area (Å²) >= 11 is 0. The predicted octanol–water partition coefficient (Wildman–Crippen LogP) is 2.80. The number of carbonyl (C=O) groups excluding carboxylic acids is 1. The van der Waals surface area contributed by atoms with Gasteiger partial charge in [-0.2, -0.15) is 0 Å². The van der Waals surface area contributed by atoms with Crippen molar-refractivity contribution in [3.8, 4) is 11.5 Å². The van der Waals surface area contributed by atoms with Crippen molar-refractivity contribution in [2.75, 3.05) is 36.1 Å². The molecule has 2 aromatic carbocycles. The lowest BCUT2D eigenvalue weighted by molar-refractivity contribution is 0.102. The first kappa shape index (κ1) is 19.0. The zero-order valence-corrected chi connectivity index (χ0v) is 16.3. The highest BCUT2D eigenvalue weighted by atomic mass is 32.2. The summed E-state index contributed by atoms with van der Waals surface area (Å²) in [5.41, 5.74) is 2.41. The third-order valence-corrected chi connectivity index (χ3v) is 6.29. The van der Waals surface area contributed by atoms with Gasteiger partial charge in [-0.1, -0.05) is 0 Å². The maximum Gasteiger partial charge on any atom is 0.255 e. The number of benzene rings is 2. The zero-order valence-electron chi connectivity index (χ0n) is 15.5. The molecule has 0 aliphatic carbocycles. The maximum atomic E-state index is 12.6. The van der Waals surface area contributed by atoms with Gasteiger partial charge in [0.15, 0.2) is 0 Å². The van der Waals surface area contributed by atoms with Crippen LogP contribution in [0.15, 0.2) is 36.4 Å². The lowest BCUT2D eigenvalue weighted by Crippen LogP contribution is -2.25. The van der Waals surface area contributed by atoms with E-state index in [4.69, 9.17) is 9.47 Å². The number of amides is 1. The highest BCUT2D eigenvalue weighted by molar-refractivity contribution is 7.93. The molecule has 0 atom stereocenters. The van der Waals surface area contributed by atoms with E-state index < -0.39 is 10.0 Å². The van der Waals surface area contributed by atoms with Crippen LogP contribution < -0.4 is 19.1 Å². The Balaban J connectivity index is 1.82. The largest absolute Gasteiger partial charge is 0.497 e. The lowest BCUT2D eigenvalue weighted by atomic mass is 10.1. The van der Waals surface area contributed by atoms with E-state index in [1.165, 1.54) is 18.5 Å². The molecule has 1 aliphatic rings. The number of ether oxygens (including phenoxy) is 2. The van der Waals surface area contributed by atoms with Gasteiger partial charge in [-0.15, -0.1) is 0 Å². The molecule has 2 aromatic rings.